The van der Waals surface area contributed by atoms with E-state index in [0.29, 0.717) is 28.6 Å². The largest absolute Gasteiger partial charge is 0.334 e. The molecule has 2 fully saturated rings. The minimum atomic E-state index is -0.412. The van der Waals surface area contributed by atoms with Gasteiger partial charge in [-0.05, 0) is 42.9 Å². The fraction of sp³-hybridized carbons (Fsp3) is 0.261. The van der Waals surface area contributed by atoms with Crippen LogP contribution in [0.2, 0.25) is 10.0 Å². The highest BCUT2D eigenvalue weighted by Gasteiger charge is 2.45. The zero-order valence-corrected chi connectivity index (χ0v) is 17.5. The van der Waals surface area contributed by atoms with Crippen LogP contribution in [0.15, 0.2) is 54.9 Å². The first-order valence-corrected chi connectivity index (χ1v) is 10.7. The lowest BCUT2D eigenvalue weighted by atomic mass is 9.74. The maximum Gasteiger partial charge on any atom is 0.329 e. The molecule has 3 unspecified atom stereocenters. The Balaban J connectivity index is 1.45. The fourth-order valence-electron chi connectivity index (χ4n) is 4.78. The van der Waals surface area contributed by atoms with Crippen LogP contribution in [-0.2, 0) is 4.79 Å². The first kappa shape index (κ1) is 19.3. The Bertz CT molecular complexity index is 1140. The SMILES string of the molecule is O=C1NC2CC(c3c(Cl)cccc3Cl)CCC2C(=O)N1c1cncc2ccccc12. The van der Waals surface area contributed by atoms with E-state index in [4.69, 9.17) is 23.2 Å². The van der Waals surface area contributed by atoms with Crippen LogP contribution < -0.4 is 10.2 Å². The second-order valence-corrected chi connectivity index (χ2v) is 8.68. The normalized spacial score (nSPS) is 23.9. The molecule has 1 N–H and O–H groups in total. The molecule has 0 spiro atoms. The third-order valence-electron chi connectivity index (χ3n) is 6.20. The molecule has 2 heterocycles. The average molecular weight is 440 g/mol. The Labute approximate surface area is 184 Å². The number of amides is 3. The van der Waals surface area contributed by atoms with E-state index in [1.807, 2.05) is 42.5 Å². The van der Waals surface area contributed by atoms with Crippen molar-refractivity contribution in [2.45, 2.75) is 31.2 Å². The van der Waals surface area contributed by atoms with Crippen molar-refractivity contribution in [3.8, 4) is 0 Å². The molecule has 7 heteroatoms. The fourth-order valence-corrected chi connectivity index (χ4v) is 5.49. The molecule has 2 aliphatic rings. The quantitative estimate of drug-likeness (QED) is 0.569. The molecule has 1 aliphatic carbocycles. The van der Waals surface area contributed by atoms with Crippen molar-refractivity contribution in [3.63, 3.8) is 0 Å². The number of hydrogen-bond donors (Lipinski definition) is 1. The van der Waals surface area contributed by atoms with Gasteiger partial charge in [-0.3, -0.25) is 9.78 Å². The van der Waals surface area contributed by atoms with Crippen LogP contribution in [0.3, 0.4) is 0 Å². The van der Waals surface area contributed by atoms with Gasteiger partial charge in [0.25, 0.3) is 0 Å². The van der Waals surface area contributed by atoms with Crippen molar-refractivity contribution < 1.29 is 9.59 Å². The van der Waals surface area contributed by atoms with Crippen LogP contribution in [-0.4, -0.2) is 23.0 Å². The predicted octanol–water partition coefficient (Wildman–Crippen LogP) is 5.55. The number of urea groups is 1. The van der Waals surface area contributed by atoms with Crippen molar-refractivity contribution in [2.24, 2.45) is 5.92 Å². The van der Waals surface area contributed by atoms with Gasteiger partial charge in [0.1, 0.15) is 0 Å². The van der Waals surface area contributed by atoms with Gasteiger partial charge in [-0.15, -0.1) is 0 Å². The minimum absolute atomic E-state index is 0.103. The predicted molar refractivity (Wildman–Crippen MR) is 118 cm³/mol. The molecule has 5 rings (SSSR count). The van der Waals surface area contributed by atoms with Crippen molar-refractivity contribution in [2.75, 3.05) is 4.90 Å². The summed E-state index contributed by atoms with van der Waals surface area (Å²) >= 11 is 12.8. The van der Waals surface area contributed by atoms with E-state index in [-0.39, 0.29) is 23.8 Å². The number of carbonyl (C=O) groups is 2. The Morgan fingerprint density at radius 3 is 2.53 bits per heavy atom. The first-order valence-electron chi connectivity index (χ1n) is 9.95. The Hall–Kier alpha value is -2.63. The molecule has 152 valence electrons. The molecule has 5 nitrogen and oxygen atoms in total. The summed E-state index contributed by atoms with van der Waals surface area (Å²) in [6.45, 7) is 0. The molecule has 0 radical (unpaired) electrons. The number of anilines is 1. The topological polar surface area (TPSA) is 62.3 Å². The number of halogens is 2. The van der Waals surface area contributed by atoms with Gasteiger partial charge >= 0.3 is 6.03 Å². The molecule has 3 amide bonds. The standard InChI is InChI=1S/C23H19Cl2N3O2/c24-17-6-3-7-18(25)21(17)13-8-9-16-19(10-13)27-23(30)28(22(16)29)20-12-26-11-14-4-1-2-5-15(14)20/h1-7,11-13,16,19H,8-10H2,(H,27,30). The number of nitrogens with one attached hydrogen (secondary N) is 1. The monoisotopic (exact) mass is 439 g/mol. The Morgan fingerprint density at radius 1 is 0.967 bits per heavy atom. The molecule has 1 aromatic heterocycles. The molecule has 30 heavy (non-hydrogen) atoms. The summed E-state index contributed by atoms with van der Waals surface area (Å²) in [6, 6.07) is 12.4. The van der Waals surface area contributed by atoms with E-state index >= 15 is 0 Å². The number of fused-ring (bicyclic) bond motifs is 2. The molecule has 1 saturated carbocycles. The van der Waals surface area contributed by atoms with Crippen LogP contribution in [0.25, 0.3) is 10.8 Å². The molecular weight excluding hydrogens is 421 g/mol. The molecule has 3 aromatic rings. The van der Waals surface area contributed by atoms with Crippen molar-refractivity contribution in [1.82, 2.24) is 10.3 Å². The lowest BCUT2D eigenvalue weighted by Gasteiger charge is -2.42. The summed E-state index contributed by atoms with van der Waals surface area (Å²) in [5.41, 5.74) is 1.42. The van der Waals surface area contributed by atoms with Gasteiger partial charge in [0.05, 0.1) is 17.8 Å². The lowest BCUT2D eigenvalue weighted by molar-refractivity contribution is -0.124. The highest BCUT2D eigenvalue weighted by atomic mass is 35.5. The number of imide groups is 1. The van der Waals surface area contributed by atoms with Crippen LogP contribution in [0.5, 0.6) is 0 Å². The summed E-state index contributed by atoms with van der Waals surface area (Å²) in [7, 11) is 0. The van der Waals surface area contributed by atoms with Crippen LogP contribution >= 0.6 is 23.2 Å². The van der Waals surface area contributed by atoms with Crippen LogP contribution in [0, 0.1) is 5.92 Å². The van der Waals surface area contributed by atoms with E-state index in [1.165, 1.54) is 4.90 Å². The van der Waals surface area contributed by atoms with E-state index in [2.05, 4.69) is 10.3 Å². The number of rotatable bonds is 2. The first-order chi connectivity index (χ1) is 14.5. The molecule has 3 atom stereocenters. The van der Waals surface area contributed by atoms with Gasteiger partial charge in [-0.1, -0.05) is 53.5 Å². The van der Waals surface area contributed by atoms with Crippen LogP contribution in [0.4, 0.5) is 10.5 Å². The summed E-state index contributed by atoms with van der Waals surface area (Å²) in [5, 5.41) is 6.02. The maximum absolute atomic E-state index is 13.4. The third-order valence-corrected chi connectivity index (χ3v) is 6.86. The lowest BCUT2D eigenvalue weighted by Crippen LogP contribution is -2.61. The van der Waals surface area contributed by atoms with E-state index < -0.39 is 6.03 Å². The summed E-state index contributed by atoms with van der Waals surface area (Å²) < 4.78 is 0. The number of hydrogen-bond acceptors (Lipinski definition) is 3. The zero-order chi connectivity index (χ0) is 20.8. The van der Waals surface area contributed by atoms with Gasteiger partial charge in [0.2, 0.25) is 5.91 Å². The molecule has 1 saturated heterocycles. The summed E-state index contributed by atoms with van der Waals surface area (Å²) in [5.74, 6) is -0.351. The van der Waals surface area contributed by atoms with Gasteiger partial charge < -0.3 is 5.32 Å². The van der Waals surface area contributed by atoms with Gasteiger partial charge in [-0.2, -0.15) is 0 Å². The molecule has 2 aromatic carbocycles. The van der Waals surface area contributed by atoms with E-state index in [0.717, 1.165) is 22.8 Å². The third kappa shape index (κ3) is 3.13. The maximum atomic E-state index is 13.4. The Morgan fingerprint density at radius 2 is 1.73 bits per heavy atom. The minimum Gasteiger partial charge on any atom is -0.334 e. The molecule has 1 aliphatic heterocycles. The second-order valence-electron chi connectivity index (χ2n) is 7.86. The second kappa shape index (κ2) is 7.56. The summed E-state index contributed by atoms with van der Waals surface area (Å²) in [6.07, 6.45) is 5.38. The van der Waals surface area contributed by atoms with Gasteiger partial charge in [-0.25, -0.2) is 9.69 Å². The Kier molecular flexibility index (Phi) is 4.88. The molecule has 0 bridgehead atoms. The number of carbonyl (C=O) groups excluding carboxylic acids is 2. The number of aromatic nitrogens is 1. The van der Waals surface area contributed by atoms with Crippen molar-refractivity contribution in [1.29, 1.82) is 0 Å². The highest BCUT2D eigenvalue weighted by Crippen LogP contribution is 2.44. The number of pyridine rings is 1. The van der Waals surface area contributed by atoms with Crippen LogP contribution in [0.1, 0.15) is 30.7 Å². The zero-order valence-electron chi connectivity index (χ0n) is 16.0. The van der Waals surface area contributed by atoms with Crippen molar-refractivity contribution in [3.05, 3.63) is 70.5 Å². The van der Waals surface area contributed by atoms with E-state index in [1.54, 1.807) is 12.4 Å². The van der Waals surface area contributed by atoms with Gasteiger partial charge in [0.15, 0.2) is 0 Å². The average Bonchev–Trinajstić information content (AvgIpc) is 2.73. The van der Waals surface area contributed by atoms with Gasteiger partial charge in [0, 0.05) is 33.1 Å². The highest BCUT2D eigenvalue weighted by molar-refractivity contribution is 6.36. The number of nitrogens with zero attached hydrogens (tertiary/aromatic N) is 2. The number of benzene rings is 2. The molecular formula is C23H19Cl2N3O2. The summed E-state index contributed by atoms with van der Waals surface area (Å²) in [4.78, 5) is 31.8. The van der Waals surface area contributed by atoms with E-state index in [9.17, 15) is 9.59 Å². The smallest absolute Gasteiger partial charge is 0.329 e. The van der Waals surface area contributed by atoms with Crippen molar-refractivity contribution >= 4 is 51.6 Å².